The minimum absolute atomic E-state index is 0.304. The van der Waals surface area contributed by atoms with Gasteiger partial charge in [-0.3, -0.25) is 4.72 Å². The van der Waals surface area contributed by atoms with Crippen molar-refractivity contribution in [3.05, 3.63) is 29.5 Å². The van der Waals surface area contributed by atoms with Gasteiger partial charge in [0.05, 0.1) is 11.1 Å². The smallest absolute Gasteiger partial charge is 0.263 e. The van der Waals surface area contributed by atoms with Gasteiger partial charge >= 0.3 is 0 Å². The second-order valence-corrected chi connectivity index (χ2v) is 7.16. The Balaban J connectivity index is 2.35. The van der Waals surface area contributed by atoms with E-state index < -0.39 is 10.0 Å². The van der Waals surface area contributed by atoms with Crippen LogP contribution in [0, 0.1) is 13.8 Å². The van der Waals surface area contributed by atoms with Crippen molar-refractivity contribution in [1.29, 1.82) is 0 Å². The molecule has 0 unspecified atom stereocenters. The number of aromatic nitrogens is 2. The molecule has 0 saturated heterocycles. The van der Waals surface area contributed by atoms with Gasteiger partial charge in [0, 0.05) is 23.8 Å². The lowest BCUT2D eigenvalue weighted by molar-refractivity contribution is 0.600. The Morgan fingerprint density at radius 1 is 1.24 bits per heavy atom. The molecule has 0 spiro atoms. The van der Waals surface area contributed by atoms with Gasteiger partial charge in [0.15, 0.2) is 0 Å². The topological polar surface area (TPSA) is 84.0 Å². The first kappa shape index (κ1) is 15.7. The van der Waals surface area contributed by atoms with E-state index in [1.165, 1.54) is 6.20 Å². The van der Waals surface area contributed by atoms with E-state index in [1.54, 1.807) is 13.8 Å². The largest absolute Gasteiger partial charge is 0.385 e. The predicted octanol–water partition coefficient (Wildman–Crippen LogP) is 2.78. The van der Waals surface area contributed by atoms with E-state index in [0.717, 1.165) is 30.2 Å². The Morgan fingerprint density at radius 2 is 1.90 bits per heavy atom. The summed E-state index contributed by atoms with van der Waals surface area (Å²) in [5.74, 6) is 0. The van der Waals surface area contributed by atoms with Crippen molar-refractivity contribution >= 4 is 32.2 Å². The normalized spacial score (nSPS) is 11.4. The second kappa shape index (κ2) is 6.40. The van der Waals surface area contributed by atoms with Crippen LogP contribution in [0.3, 0.4) is 0 Å². The summed E-state index contributed by atoms with van der Waals surface area (Å²) >= 11 is 1.01. The molecule has 1 aromatic heterocycles. The van der Waals surface area contributed by atoms with Crippen LogP contribution in [0.4, 0.5) is 10.7 Å². The fraction of sp³-hybridized carbons (Fsp3) is 0.385. The molecular formula is C13H18N4O2S2. The van der Waals surface area contributed by atoms with E-state index in [1.807, 2.05) is 12.1 Å². The van der Waals surface area contributed by atoms with Crippen molar-refractivity contribution in [3.8, 4) is 0 Å². The monoisotopic (exact) mass is 326 g/mol. The van der Waals surface area contributed by atoms with Crippen LogP contribution in [-0.2, 0) is 10.0 Å². The molecule has 0 amide bonds. The Bertz CT molecular complexity index is 689. The van der Waals surface area contributed by atoms with Crippen molar-refractivity contribution < 1.29 is 8.42 Å². The highest BCUT2D eigenvalue weighted by Crippen LogP contribution is 2.27. The molecule has 2 N–H and O–H groups in total. The summed E-state index contributed by atoms with van der Waals surface area (Å²) in [6, 6.07) is 3.70. The quantitative estimate of drug-likeness (QED) is 0.853. The highest BCUT2D eigenvalue weighted by Gasteiger charge is 2.21. The summed E-state index contributed by atoms with van der Waals surface area (Å²) in [7, 11) is -3.63. The van der Waals surface area contributed by atoms with Gasteiger partial charge in [0.1, 0.15) is 5.00 Å². The molecule has 21 heavy (non-hydrogen) atoms. The van der Waals surface area contributed by atoms with Crippen LogP contribution < -0.4 is 10.0 Å². The maximum Gasteiger partial charge on any atom is 0.263 e. The molecule has 1 aromatic carbocycles. The van der Waals surface area contributed by atoms with Crippen LogP contribution in [0.5, 0.6) is 0 Å². The standard InChI is InChI=1S/C13H18N4O2S2/c1-4-5-14-11-6-9(2)13(10(3)7-11)21(18,19)16-12-8-15-17-20-12/h6-8,14,16H,4-5H2,1-3H3. The third-order valence-corrected chi connectivity index (χ3v) is 5.28. The van der Waals surface area contributed by atoms with Gasteiger partial charge in [-0.1, -0.05) is 11.4 Å². The fourth-order valence-electron chi connectivity index (χ4n) is 2.14. The average molecular weight is 326 g/mol. The SMILES string of the molecule is CCCNc1cc(C)c(S(=O)(=O)Nc2cnns2)c(C)c1. The molecule has 2 aromatic rings. The molecule has 0 atom stereocenters. The summed E-state index contributed by atoms with van der Waals surface area (Å²) in [6.45, 7) is 6.53. The molecule has 0 aliphatic rings. The fourth-order valence-corrected chi connectivity index (χ4v) is 4.28. The lowest BCUT2D eigenvalue weighted by Crippen LogP contribution is -2.15. The summed E-state index contributed by atoms with van der Waals surface area (Å²) < 4.78 is 31.1. The first-order valence-corrected chi connectivity index (χ1v) is 8.85. The molecule has 114 valence electrons. The van der Waals surface area contributed by atoms with Gasteiger partial charge in [-0.25, -0.2) is 8.42 Å². The number of sulfonamides is 1. The molecule has 6 nitrogen and oxygen atoms in total. The molecule has 0 bridgehead atoms. The highest BCUT2D eigenvalue weighted by molar-refractivity contribution is 7.93. The Morgan fingerprint density at radius 3 is 2.43 bits per heavy atom. The lowest BCUT2D eigenvalue weighted by Gasteiger charge is -2.14. The Kier molecular flexibility index (Phi) is 4.79. The van der Waals surface area contributed by atoms with Crippen LogP contribution in [0.1, 0.15) is 24.5 Å². The molecule has 1 heterocycles. The Labute approximate surface area is 128 Å². The number of hydrogen-bond acceptors (Lipinski definition) is 6. The van der Waals surface area contributed by atoms with E-state index >= 15 is 0 Å². The van der Waals surface area contributed by atoms with Crippen LogP contribution in [0.25, 0.3) is 0 Å². The molecule has 0 aliphatic heterocycles. The number of aryl methyl sites for hydroxylation is 2. The number of rotatable bonds is 6. The van der Waals surface area contributed by atoms with Crippen LogP contribution >= 0.6 is 11.5 Å². The van der Waals surface area contributed by atoms with Crippen LogP contribution in [0.2, 0.25) is 0 Å². The first-order chi connectivity index (χ1) is 9.94. The zero-order valence-corrected chi connectivity index (χ0v) is 13.8. The van der Waals surface area contributed by atoms with Gasteiger partial charge in [0.2, 0.25) is 0 Å². The van der Waals surface area contributed by atoms with Crippen molar-refractivity contribution in [2.45, 2.75) is 32.1 Å². The summed E-state index contributed by atoms with van der Waals surface area (Å²) in [6.07, 6.45) is 2.40. The van der Waals surface area contributed by atoms with E-state index in [-0.39, 0.29) is 0 Å². The molecule has 2 rings (SSSR count). The molecule has 0 aliphatic carbocycles. The van der Waals surface area contributed by atoms with Crippen LogP contribution in [0.15, 0.2) is 23.2 Å². The van der Waals surface area contributed by atoms with E-state index in [2.05, 4.69) is 26.5 Å². The Hall–Kier alpha value is -1.67. The number of nitrogens with one attached hydrogen (secondary N) is 2. The molecule has 0 saturated carbocycles. The zero-order valence-electron chi connectivity index (χ0n) is 12.2. The molecule has 0 radical (unpaired) electrons. The van der Waals surface area contributed by atoms with Crippen LogP contribution in [-0.4, -0.2) is 24.5 Å². The van der Waals surface area contributed by atoms with E-state index in [9.17, 15) is 8.42 Å². The first-order valence-electron chi connectivity index (χ1n) is 6.59. The van der Waals surface area contributed by atoms with Gasteiger partial charge in [-0.05, 0) is 43.5 Å². The minimum atomic E-state index is -3.63. The number of nitrogens with zero attached hydrogens (tertiary/aromatic N) is 2. The summed E-state index contributed by atoms with van der Waals surface area (Å²) in [4.78, 5) is 0.304. The molecule has 0 fully saturated rings. The third kappa shape index (κ3) is 3.70. The third-order valence-electron chi connectivity index (χ3n) is 2.90. The van der Waals surface area contributed by atoms with E-state index in [0.29, 0.717) is 21.0 Å². The maximum atomic E-state index is 12.5. The number of anilines is 2. The van der Waals surface area contributed by atoms with Gasteiger partial charge in [0.25, 0.3) is 10.0 Å². The predicted molar refractivity (Wildman–Crippen MR) is 85.4 cm³/mol. The molecule has 8 heteroatoms. The average Bonchev–Trinajstić information content (AvgIpc) is 2.87. The molecular weight excluding hydrogens is 308 g/mol. The van der Waals surface area contributed by atoms with E-state index in [4.69, 9.17) is 0 Å². The zero-order chi connectivity index (χ0) is 15.5. The number of benzene rings is 1. The van der Waals surface area contributed by atoms with Crippen molar-refractivity contribution in [1.82, 2.24) is 9.59 Å². The minimum Gasteiger partial charge on any atom is -0.385 e. The van der Waals surface area contributed by atoms with Gasteiger partial charge in [-0.15, -0.1) is 5.10 Å². The lowest BCUT2D eigenvalue weighted by atomic mass is 10.1. The number of hydrogen-bond donors (Lipinski definition) is 2. The van der Waals surface area contributed by atoms with Crippen molar-refractivity contribution in [3.63, 3.8) is 0 Å². The highest BCUT2D eigenvalue weighted by atomic mass is 32.2. The van der Waals surface area contributed by atoms with Crippen molar-refractivity contribution in [2.24, 2.45) is 0 Å². The second-order valence-electron chi connectivity index (χ2n) is 4.75. The van der Waals surface area contributed by atoms with Crippen molar-refractivity contribution in [2.75, 3.05) is 16.6 Å². The summed E-state index contributed by atoms with van der Waals surface area (Å²) in [5.41, 5.74) is 2.35. The maximum absolute atomic E-state index is 12.5. The summed E-state index contributed by atoms with van der Waals surface area (Å²) in [5, 5.41) is 7.30. The van der Waals surface area contributed by atoms with Gasteiger partial charge in [-0.2, -0.15) is 0 Å². The van der Waals surface area contributed by atoms with Gasteiger partial charge < -0.3 is 5.32 Å².